The first-order chi connectivity index (χ1) is 13.5. The smallest absolute Gasteiger partial charge is 0.253 e. The molecule has 6 nitrogen and oxygen atoms in total. The number of likely N-dealkylation sites (tertiary alicyclic amines) is 1. The Balaban J connectivity index is 1.51. The molecule has 0 saturated carbocycles. The van der Waals surface area contributed by atoms with E-state index >= 15 is 0 Å². The van der Waals surface area contributed by atoms with Crippen LogP contribution in [0, 0.1) is 11.7 Å². The van der Waals surface area contributed by atoms with Crippen LogP contribution in [0.2, 0.25) is 0 Å². The Morgan fingerprint density at radius 3 is 2.57 bits per heavy atom. The van der Waals surface area contributed by atoms with Crippen LogP contribution in [0.5, 0.6) is 0 Å². The first-order valence-corrected chi connectivity index (χ1v) is 10.5. The topological polar surface area (TPSA) is 75.2 Å². The van der Waals surface area contributed by atoms with Gasteiger partial charge in [0.05, 0.1) is 0 Å². The van der Waals surface area contributed by atoms with Crippen molar-refractivity contribution in [2.45, 2.75) is 45.4 Å². The molecule has 8 heteroatoms. The molecule has 3 rings (SSSR count). The van der Waals surface area contributed by atoms with Crippen LogP contribution in [0.3, 0.4) is 0 Å². The third-order valence-corrected chi connectivity index (χ3v) is 6.13. The van der Waals surface area contributed by atoms with Gasteiger partial charge in [-0.1, -0.05) is 31.6 Å². The van der Waals surface area contributed by atoms with Gasteiger partial charge in [-0.05, 0) is 43.5 Å². The SMILES string of the molecule is CCCC(C)c1nnc(NC(=O)C2CCN(C(=O)c3ccc(F)cc3)CC2)s1. The van der Waals surface area contributed by atoms with Crippen molar-refractivity contribution in [2.75, 3.05) is 18.4 Å². The zero-order valence-corrected chi connectivity index (χ0v) is 17.0. The Hall–Kier alpha value is -2.35. The summed E-state index contributed by atoms with van der Waals surface area (Å²) in [6.07, 6.45) is 3.31. The third kappa shape index (κ3) is 4.92. The van der Waals surface area contributed by atoms with Crippen LogP contribution in [0.1, 0.15) is 60.8 Å². The molecule has 150 valence electrons. The summed E-state index contributed by atoms with van der Waals surface area (Å²) in [4.78, 5) is 26.7. The third-order valence-electron chi connectivity index (χ3n) is 5.06. The van der Waals surface area contributed by atoms with E-state index in [0.29, 0.717) is 42.5 Å². The lowest BCUT2D eigenvalue weighted by Gasteiger charge is -2.31. The summed E-state index contributed by atoms with van der Waals surface area (Å²) in [5, 5.41) is 12.6. The molecule has 1 N–H and O–H groups in total. The molecule has 0 aliphatic carbocycles. The van der Waals surface area contributed by atoms with Crippen molar-refractivity contribution >= 4 is 28.3 Å². The molecule has 0 bridgehead atoms. The summed E-state index contributed by atoms with van der Waals surface area (Å²) in [7, 11) is 0. The Bertz CT molecular complexity index is 816. The Morgan fingerprint density at radius 2 is 1.93 bits per heavy atom. The molecule has 1 unspecified atom stereocenters. The molecule has 0 radical (unpaired) electrons. The van der Waals surface area contributed by atoms with Gasteiger partial charge in [-0.15, -0.1) is 10.2 Å². The Labute approximate surface area is 168 Å². The van der Waals surface area contributed by atoms with Crippen molar-refractivity contribution in [1.29, 1.82) is 0 Å². The maximum atomic E-state index is 13.0. The van der Waals surface area contributed by atoms with Gasteiger partial charge < -0.3 is 10.2 Å². The van der Waals surface area contributed by atoms with Gasteiger partial charge in [-0.25, -0.2) is 4.39 Å². The average Bonchev–Trinajstić information content (AvgIpc) is 3.17. The fourth-order valence-corrected chi connectivity index (χ4v) is 4.20. The lowest BCUT2D eigenvalue weighted by molar-refractivity contribution is -0.121. The van der Waals surface area contributed by atoms with Crippen molar-refractivity contribution < 1.29 is 14.0 Å². The number of hydrogen-bond donors (Lipinski definition) is 1. The van der Waals surface area contributed by atoms with Crippen molar-refractivity contribution in [3.63, 3.8) is 0 Å². The molecule has 2 amide bonds. The second-order valence-electron chi connectivity index (χ2n) is 7.20. The van der Waals surface area contributed by atoms with E-state index in [1.165, 1.54) is 35.6 Å². The van der Waals surface area contributed by atoms with Crippen LogP contribution in [0.25, 0.3) is 0 Å². The molecule has 2 heterocycles. The number of piperidine rings is 1. The predicted molar refractivity (Wildman–Crippen MR) is 107 cm³/mol. The standard InChI is InChI=1S/C20H25FN4O2S/c1-3-4-13(2)18-23-24-20(28-18)22-17(26)14-9-11-25(12-10-14)19(27)15-5-7-16(21)8-6-15/h5-8,13-14H,3-4,9-12H2,1-2H3,(H,22,24,26). The molecular weight excluding hydrogens is 379 g/mol. The van der Waals surface area contributed by atoms with Crippen LogP contribution < -0.4 is 5.32 Å². The van der Waals surface area contributed by atoms with E-state index in [4.69, 9.17) is 0 Å². The molecule has 2 aromatic rings. The Morgan fingerprint density at radius 1 is 1.25 bits per heavy atom. The zero-order chi connectivity index (χ0) is 20.1. The highest BCUT2D eigenvalue weighted by atomic mass is 32.1. The van der Waals surface area contributed by atoms with E-state index in [1.807, 2.05) is 0 Å². The van der Waals surface area contributed by atoms with Crippen molar-refractivity contribution in [1.82, 2.24) is 15.1 Å². The molecule has 1 aromatic heterocycles. The number of anilines is 1. The Kier molecular flexibility index (Phi) is 6.72. The predicted octanol–water partition coefficient (Wildman–Crippen LogP) is 4.07. The van der Waals surface area contributed by atoms with Crippen molar-refractivity contribution in [2.24, 2.45) is 5.92 Å². The highest BCUT2D eigenvalue weighted by Crippen LogP contribution is 2.27. The number of aromatic nitrogens is 2. The van der Waals surface area contributed by atoms with Crippen LogP contribution in [-0.4, -0.2) is 40.0 Å². The summed E-state index contributed by atoms with van der Waals surface area (Å²) in [5.74, 6) is -0.375. The molecule has 0 spiro atoms. The number of benzene rings is 1. The maximum Gasteiger partial charge on any atom is 0.253 e. The molecule has 1 atom stereocenters. The summed E-state index contributed by atoms with van der Waals surface area (Å²) in [5.41, 5.74) is 0.465. The van der Waals surface area contributed by atoms with Crippen LogP contribution >= 0.6 is 11.3 Å². The van der Waals surface area contributed by atoms with Gasteiger partial charge in [0.1, 0.15) is 10.8 Å². The molecule has 1 fully saturated rings. The van der Waals surface area contributed by atoms with Crippen LogP contribution in [-0.2, 0) is 4.79 Å². The van der Waals surface area contributed by atoms with Crippen LogP contribution in [0.4, 0.5) is 9.52 Å². The van der Waals surface area contributed by atoms with Gasteiger partial charge in [-0.2, -0.15) is 0 Å². The molecule has 1 saturated heterocycles. The minimum atomic E-state index is -0.365. The second kappa shape index (κ2) is 9.23. The van der Waals surface area contributed by atoms with E-state index in [2.05, 4.69) is 29.4 Å². The first-order valence-electron chi connectivity index (χ1n) is 9.67. The first kappa shape index (κ1) is 20.4. The molecule has 1 aliphatic heterocycles. The highest BCUT2D eigenvalue weighted by Gasteiger charge is 2.28. The number of carbonyl (C=O) groups is 2. The summed E-state index contributed by atoms with van der Waals surface area (Å²) < 4.78 is 13.0. The summed E-state index contributed by atoms with van der Waals surface area (Å²) >= 11 is 1.43. The van der Waals surface area contributed by atoms with E-state index in [1.54, 1.807) is 4.90 Å². The lowest BCUT2D eigenvalue weighted by Crippen LogP contribution is -2.41. The number of nitrogens with zero attached hydrogens (tertiary/aromatic N) is 3. The zero-order valence-electron chi connectivity index (χ0n) is 16.2. The molecular formula is C20H25FN4O2S. The number of nitrogens with one attached hydrogen (secondary N) is 1. The quantitative estimate of drug-likeness (QED) is 0.787. The fraction of sp³-hybridized carbons (Fsp3) is 0.500. The summed E-state index contributed by atoms with van der Waals surface area (Å²) in [6.45, 7) is 5.25. The minimum absolute atomic E-state index is 0.0697. The fourth-order valence-electron chi connectivity index (χ4n) is 3.37. The van der Waals surface area contributed by atoms with Crippen molar-refractivity contribution in [3.8, 4) is 0 Å². The molecule has 1 aliphatic rings. The largest absolute Gasteiger partial charge is 0.339 e. The van der Waals surface area contributed by atoms with Gasteiger partial charge in [0.25, 0.3) is 5.91 Å². The van der Waals surface area contributed by atoms with Crippen molar-refractivity contribution in [3.05, 3.63) is 40.7 Å². The van der Waals surface area contributed by atoms with Crippen LogP contribution in [0.15, 0.2) is 24.3 Å². The van der Waals surface area contributed by atoms with Gasteiger partial charge in [-0.3, -0.25) is 9.59 Å². The maximum absolute atomic E-state index is 13.0. The number of carbonyl (C=O) groups excluding carboxylic acids is 2. The normalized spacial score (nSPS) is 16.0. The lowest BCUT2D eigenvalue weighted by atomic mass is 9.95. The van der Waals surface area contributed by atoms with Gasteiger partial charge in [0.2, 0.25) is 11.0 Å². The second-order valence-corrected chi connectivity index (χ2v) is 8.21. The number of rotatable bonds is 6. The molecule has 28 heavy (non-hydrogen) atoms. The van der Waals surface area contributed by atoms with E-state index in [9.17, 15) is 14.0 Å². The van der Waals surface area contributed by atoms with E-state index in [-0.39, 0.29) is 23.5 Å². The molecule has 1 aromatic carbocycles. The minimum Gasteiger partial charge on any atom is -0.339 e. The van der Waals surface area contributed by atoms with Gasteiger partial charge >= 0.3 is 0 Å². The average molecular weight is 405 g/mol. The van der Waals surface area contributed by atoms with E-state index < -0.39 is 0 Å². The number of halogens is 1. The summed E-state index contributed by atoms with van der Waals surface area (Å²) in [6, 6.07) is 5.54. The number of hydrogen-bond acceptors (Lipinski definition) is 5. The number of amides is 2. The highest BCUT2D eigenvalue weighted by molar-refractivity contribution is 7.15. The van der Waals surface area contributed by atoms with Gasteiger partial charge in [0.15, 0.2) is 0 Å². The monoisotopic (exact) mass is 404 g/mol. The van der Waals surface area contributed by atoms with Gasteiger partial charge in [0, 0.05) is 30.5 Å². The van der Waals surface area contributed by atoms with E-state index in [0.717, 1.165) is 17.8 Å².